The highest BCUT2D eigenvalue weighted by Gasteiger charge is 2.24. The van der Waals surface area contributed by atoms with Crippen molar-refractivity contribution in [2.24, 2.45) is 4.99 Å². The molecule has 1 heterocycles. The highest BCUT2D eigenvalue weighted by molar-refractivity contribution is 6.06. The molecule has 0 bridgehead atoms. The molecule has 1 aliphatic rings. The number of methoxy groups -OCH3 is 1. The molecular formula is C21H17N2O6-. The van der Waals surface area contributed by atoms with E-state index in [4.69, 9.17) is 9.15 Å². The van der Waals surface area contributed by atoms with Crippen LogP contribution in [0.15, 0.2) is 39.7 Å². The molecule has 29 heavy (non-hydrogen) atoms. The zero-order valence-electron chi connectivity index (χ0n) is 15.6. The standard InChI is InChI=1S/C21H18N2O6/c1-28-21(25)12-6-2-4-8-15(12)22-11-14-19-13-7-3-5-9-17(13)29-18(19)10-16(20(14)24)23(26)27/h2,4,6,8,10-11,24H,3,5,7,9H2,1H3/p-1. The summed E-state index contributed by atoms with van der Waals surface area (Å²) in [7, 11) is 1.26. The summed E-state index contributed by atoms with van der Waals surface area (Å²) < 4.78 is 10.6. The number of fused-ring (bicyclic) bond motifs is 3. The molecule has 8 heteroatoms. The number of rotatable bonds is 4. The topological polar surface area (TPSA) is 118 Å². The van der Waals surface area contributed by atoms with Crippen LogP contribution >= 0.6 is 0 Å². The molecule has 0 aliphatic heterocycles. The minimum Gasteiger partial charge on any atom is -0.867 e. The molecule has 0 fully saturated rings. The third-order valence-corrected chi connectivity index (χ3v) is 5.05. The van der Waals surface area contributed by atoms with Crippen LogP contribution in [0.1, 0.15) is 40.1 Å². The number of esters is 1. The average molecular weight is 393 g/mol. The predicted octanol–water partition coefficient (Wildman–Crippen LogP) is 3.83. The molecule has 1 aliphatic carbocycles. The molecule has 0 amide bonds. The van der Waals surface area contributed by atoms with Crippen LogP contribution in [0.3, 0.4) is 0 Å². The number of para-hydroxylation sites is 1. The maximum absolute atomic E-state index is 12.8. The molecule has 0 radical (unpaired) electrons. The van der Waals surface area contributed by atoms with E-state index >= 15 is 0 Å². The molecule has 2 aromatic carbocycles. The van der Waals surface area contributed by atoms with Crippen LogP contribution in [0.4, 0.5) is 11.4 Å². The lowest BCUT2D eigenvalue weighted by atomic mass is 9.93. The van der Waals surface area contributed by atoms with Gasteiger partial charge in [0.15, 0.2) is 0 Å². The number of hydrogen-bond acceptors (Lipinski definition) is 7. The largest absolute Gasteiger partial charge is 0.867 e. The first-order valence-corrected chi connectivity index (χ1v) is 9.15. The van der Waals surface area contributed by atoms with Crippen molar-refractivity contribution in [3.63, 3.8) is 0 Å². The second-order valence-corrected chi connectivity index (χ2v) is 6.75. The first-order chi connectivity index (χ1) is 14.0. The average Bonchev–Trinajstić information content (AvgIpc) is 3.10. The van der Waals surface area contributed by atoms with E-state index < -0.39 is 22.3 Å². The third kappa shape index (κ3) is 3.22. The summed E-state index contributed by atoms with van der Waals surface area (Å²) in [5.74, 6) is -0.531. The minimum absolute atomic E-state index is 0.0979. The Morgan fingerprint density at radius 3 is 2.79 bits per heavy atom. The molecule has 1 aromatic heterocycles. The Morgan fingerprint density at radius 1 is 1.28 bits per heavy atom. The molecule has 3 aromatic rings. The Labute approximate surface area is 165 Å². The van der Waals surface area contributed by atoms with Crippen molar-refractivity contribution in [1.82, 2.24) is 0 Å². The molecule has 4 rings (SSSR count). The van der Waals surface area contributed by atoms with E-state index in [9.17, 15) is 20.0 Å². The number of aliphatic imine (C=N–C) groups is 1. The fraction of sp³-hybridized carbons (Fsp3) is 0.238. The Morgan fingerprint density at radius 2 is 2.03 bits per heavy atom. The van der Waals surface area contributed by atoms with Crippen molar-refractivity contribution in [2.45, 2.75) is 25.7 Å². The van der Waals surface area contributed by atoms with Crippen molar-refractivity contribution in [3.8, 4) is 5.75 Å². The van der Waals surface area contributed by atoms with E-state index in [0.29, 0.717) is 16.7 Å². The van der Waals surface area contributed by atoms with Crippen molar-refractivity contribution in [2.75, 3.05) is 7.11 Å². The number of aryl methyl sites for hydroxylation is 2. The summed E-state index contributed by atoms with van der Waals surface area (Å²) in [6, 6.07) is 7.71. The summed E-state index contributed by atoms with van der Waals surface area (Å²) in [4.78, 5) is 26.9. The SMILES string of the molecule is COC(=O)c1ccccc1N=Cc1c([O-])c([N+](=O)[O-])cc2oc3c(c12)CCCC3. The summed E-state index contributed by atoms with van der Waals surface area (Å²) >= 11 is 0. The zero-order valence-corrected chi connectivity index (χ0v) is 15.6. The van der Waals surface area contributed by atoms with E-state index in [1.54, 1.807) is 24.3 Å². The van der Waals surface area contributed by atoms with Crippen LogP contribution < -0.4 is 5.11 Å². The molecule has 148 valence electrons. The quantitative estimate of drug-likeness (QED) is 0.288. The number of hydrogen-bond donors (Lipinski definition) is 0. The monoisotopic (exact) mass is 393 g/mol. The van der Waals surface area contributed by atoms with Gasteiger partial charge in [0, 0.05) is 29.1 Å². The fourth-order valence-electron chi connectivity index (χ4n) is 3.69. The van der Waals surface area contributed by atoms with Gasteiger partial charge < -0.3 is 14.3 Å². The highest BCUT2D eigenvalue weighted by atomic mass is 16.6. The summed E-state index contributed by atoms with van der Waals surface area (Å²) in [6.07, 6.45) is 4.67. The lowest BCUT2D eigenvalue weighted by Crippen LogP contribution is -2.05. The molecule has 0 saturated heterocycles. The minimum atomic E-state index is -0.726. The lowest BCUT2D eigenvalue weighted by molar-refractivity contribution is -0.398. The molecule has 0 atom stereocenters. The summed E-state index contributed by atoms with van der Waals surface area (Å²) in [6.45, 7) is 0. The maximum Gasteiger partial charge on any atom is 0.340 e. The summed E-state index contributed by atoms with van der Waals surface area (Å²) in [5.41, 5.74) is 1.28. The van der Waals surface area contributed by atoms with Crippen molar-refractivity contribution >= 4 is 34.5 Å². The number of nitro benzene ring substituents is 1. The van der Waals surface area contributed by atoms with Gasteiger partial charge in [-0.1, -0.05) is 12.1 Å². The van der Waals surface area contributed by atoms with E-state index in [2.05, 4.69) is 4.99 Å². The van der Waals surface area contributed by atoms with Gasteiger partial charge in [-0.3, -0.25) is 15.1 Å². The number of carbonyl (C=O) groups is 1. The Bertz CT molecular complexity index is 1160. The van der Waals surface area contributed by atoms with Gasteiger partial charge in [0.2, 0.25) is 0 Å². The number of carbonyl (C=O) groups excluding carboxylic acids is 1. The van der Waals surface area contributed by atoms with Gasteiger partial charge in [0.1, 0.15) is 11.3 Å². The van der Waals surface area contributed by atoms with Crippen molar-refractivity contribution < 1.29 is 24.0 Å². The van der Waals surface area contributed by atoms with Crippen LogP contribution in [0, 0.1) is 10.1 Å². The molecule has 0 spiro atoms. The van der Waals surface area contributed by atoms with Gasteiger partial charge >= 0.3 is 5.97 Å². The third-order valence-electron chi connectivity index (χ3n) is 5.05. The van der Waals surface area contributed by atoms with Crippen molar-refractivity contribution in [1.29, 1.82) is 0 Å². The van der Waals surface area contributed by atoms with Crippen LogP contribution in [-0.2, 0) is 17.6 Å². The number of furan rings is 1. The van der Waals surface area contributed by atoms with Gasteiger partial charge in [-0.05, 0) is 37.1 Å². The molecule has 0 N–H and O–H groups in total. The maximum atomic E-state index is 12.8. The van der Waals surface area contributed by atoms with Gasteiger partial charge in [0.05, 0.1) is 29.4 Å². The van der Waals surface area contributed by atoms with Crippen LogP contribution in [-0.4, -0.2) is 24.2 Å². The highest BCUT2D eigenvalue weighted by Crippen LogP contribution is 2.40. The Balaban J connectivity index is 1.92. The lowest BCUT2D eigenvalue weighted by Gasteiger charge is -2.14. The number of nitrogens with zero attached hydrogens (tertiary/aromatic N) is 2. The summed E-state index contributed by atoms with van der Waals surface area (Å²) in [5, 5.41) is 24.8. The first kappa shape index (κ1) is 18.7. The zero-order chi connectivity index (χ0) is 20.5. The smallest absolute Gasteiger partial charge is 0.340 e. The van der Waals surface area contributed by atoms with E-state index in [1.165, 1.54) is 19.4 Å². The normalized spacial score (nSPS) is 13.6. The second kappa shape index (κ2) is 7.38. The van der Waals surface area contributed by atoms with Gasteiger partial charge in [-0.25, -0.2) is 4.79 Å². The van der Waals surface area contributed by atoms with E-state index in [1.807, 2.05) is 0 Å². The van der Waals surface area contributed by atoms with E-state index in [0.717, 1.165) is 37.0 Å². The van der Waals surface area contributed by atoms with Crippen LogP contribution in [0.2, 0.25) is 0 Å². The second-order valence-electron chi connectivity index (χ2n) is 6.75. The fourth-order valence-corrected chi connectivity index (χ4v) is 3.69. The number of nitro groups is 1. The van der Waals surface area contributed by atoms with Gasteiger partial charge in [-0.15, -0.1) is 0 Å². The first-order valence-electron chi connectivity index (χ1n) is 9.15. The Hall–Kier alpha value is -3.68. The van der Waals surface area contributed by atoms with Gasteiger partial charge in [0.25, 0.3) is 5.69 Å². The molecule has 0 unspecified atom stereocenters. The molecule has 8 nitrogen and oxygen atoms in total. The van der Waals surface area contributed by atoms with Crippen LogP contribution in [0.5, 0.6) is 5.75 Å². The van der Waals surface area contributed by atoms with Gasteiger partial charge in [-0.2, -0.15) is 0 Å². The molecular weight excluding hydrogens is 376 g/mol. The van der Waals surface area contributed by atoms with Crippen LogP contribution in [0.25, 0.3) is 11.0 Å². The van der Waals surface area contributed by atoms with E-state index in [-0.39, 0.29) is 11.1 Å². The number of benzene rings is 2. The predicted molar refractivity (Wildman–Crippen MR) is 104 cm³/mol. The molecule has 0 saturated carbocycles. The van der Waals surface area contributed by atoms with Crippen molar-refractivity contribution in [3.05, 3.63) is 62.9 Å². The number of ether oxygens (including phenoxy) is 1. The Kier molecular flexibility index (Phi) is 4.75.